The van der Waals surface area contributed by atoms with Crippen LogP contribution in [0.5, 0.6) is 11.6 Å². The van der Waals surface area contributed by atoms with E-state index in [-0.39, 0.29) is 18.6 Å². The number of pyridine rings is 1. The van der Waals surface area contributed by atoms with Gasteiger partial charge in [-0.1, -0.05) is 18.2 Å². The normalized spacial score (nSPS) is 14.3. The second-order valence-electron chi connectivity index (χ2n) is 4.93. The summed E-state index contributed by atoms with van der Waals surface area (Å²) in [5.41, 5.74) is 0. The molecule has 0 spiro atoms. The molecule has 1 aliphatic heterocycles. The Morgan fingerprint density at radius 2 is 2.00 bits per heavy atom. The topological polar surface area (TPSA) is 51.7 Å². The summed E-state index contributed by atoms with van der Waals surface area (Å²) in [5, 5.41) is 0. The number of ether oxygens (including phenoxy) is 2. The van der Waals surface area contributed by atoms with Gasteiger partial charge in [0.15, 0.2) is 6.61 Å². The minimum absolute atomic E-state index is 0.0214. The zero-order valence-electron chi connectivity index (χ0n) is 11.8. The van der Waals surface area contributed by atoms with Crippen molar-refractivity contribution in [3.05, 3.63) is 53.1 Å². The Hall–Kier alpha value is -2.08. The molecule has 1 saturated heterocycles. The molecule has 1 aromatic carbocycles. The molecular weight excluding hydrogens is 348 g/mol. The highest BCUT2D eigenvalue weighted by atomic mass is 79.9. The number of carbonyl (C=O) groups excluding carboxylic acids is 1. The van der Waals surface area contributed by atoms with Crippen molar-refractivity contribution in [1.29, 1.82) is 0 Å². The summed E-state index contributed by atoms with van der Waals surface area (Å²) in [4.78, 5) is 17.8. The van der Waals surface area contributed by atoms with Gasteiger partial charge in [-0.25, -0.2) is 4.98 Å². The molecule has 1 aliphatic rings. The summed E-state index contributed by atoms with van der Waals surface area (Å²) in [6, 6.07) is 13.0. The molecule has 0 saturated carbocycles. The third kappa shape index (κ3) is 3.57. The van der Waals surface area contributed by atoms with Gasteiger partial charge < -0.3 is 14.4 Å². The van der Waals surface area contributed by atoms with Crippen molar-refractivity contribution < 1.29 is 14.3 Å². The van der Waals surface area contributed by atoms with E-state index in [0.717, 1.165) is 4.47 Å². The Bertz CT molecular complexity index is 645. The smallest absolute Gasteiger partial charge is 0.260 e. The van der Waals surface area contributed by atoms with E-state index in [1.807, 2.05) is 42.5 Å². The van der Waals surface area contributed by atoms with Gasteiger partial charge in [-0.3, -0.25) is 4.79 Å². The number of benzene rings is 1. The Morgan fingerprint density at radius 3 is 2.73 bits per heavy atom. The lowest BCUT2D eigenvalue weighted by Crippen LogP contribution is -2.57. The van der Waals surface area contributed by atoms with Gasteiger partial charge in [0.25, 0.3) is 5.91 Å². The van der Waals surface area contributed by atoms with E-state index in [4.69, 9.17) is 9.47 Å². The number of nitrogens with zero attached hydrogens (tertiary/aromatic N) is 2. The van der Waals surface area contributed by atoms with Gasteiger partial charge in [0.1, 0.15) is 11.9 Å². The lowest BCUT2D eigenvalue weighted by molar-refractivity contribution is -0.142. The Balaban J connectivity index is 1.43. The van der Waals surface area contributed by atoms with Gasteiger partial charge in [-0.05, 0) is 40.2 Å². The van der Waals surface area contributed by atoms with Gasteiger partial charge in [-0.2, -0.15) is 0 Å². The second kappa shape index (κ2) is 6.79. The number of carbonyl (C=O) groups is 1. The van der Waals surface area contributed by atoms with Crippen molar-refractivity contribution in [3.8, 4) is 11.6 Å². The quantitative estimate of drug-likeness (QED) is 0.819. The summed E-state index contributed by atoms with van der Waals surface area (Å²) in [6.07, 6.45) is 1.65. The van der Waals surface area contributed by atoms with Crippen molar-refractivity contribution in [3.63, 3.8) is 0 Å². The third-order valence-corrected chi connectivity index (χ3v) is 3.91. The highest BCUT2D eigenvalue weighted by Gasteiger charge is 2.33. The number of hydrogen-bond acceptors (Lipinski definition) is 4. The van der Waals surface area contributed by atoms with E-state index in [2.05, 4.69) is 20.9 Å². The number of rotatable bonds is 5. The molecule has 22 heavy (non-hydrogen) atoms. The van der Waals surface area contributed by atoms with E-state index in [9.17, 15) is 4.79 Å². The van der Waals surface area contributed by atoms with Crippen LogP contribution in [0.3, 0.4) is 0 Å². The maximum atomic E-state index is 12.0. The summed E-state index contributed by atoms with van der Waals surface area (Å²) in [6.45, 7) is 1.16. The molecule has 0 N–H and O–H groups in total. The lowest BCUT2D eigenvalue weighted by Gasteiger charge is -2.38. The second-order valence-corrected chi connectivity index (χ2v) is 5.79. The van der Waals surface area contributed by atoms with Crippen LogP contribution in [-0.4, -0.2) is 41.6 Å². The van der Waals surface area contributed by atoms with Gasteiger partial charge in [-0.15, -0.1) is 0 Å². The molecule has 3 rings (SSSR count). The van der Waals surface area contributed by atoms with Crippen LogP contribution in [-0.2, 0) is 4.79 Å². The van der Waals surface area contributed by atoms with Crippen LogP contribution in [0.25, 0.3) is 0 Å². The lowest BCUT2D eigenvalue weighted by atomic mass is 10.1. The molecule has 1 fully saturated rings. The van der Waals surface area contributed by atoms with E-state index in [1.54, 1.807) is 11.1 Å². The van der Waals surface area contributed by atoms with E-state index >= 15 is 0 Å². The fourth-order valence-corrected chi connectivity index (χ4v) is 2.43. The monoisotopic (exact) mass is 362 g/mol. The van der Waals surface area contributed by atoms with Gasteiger partial charge in [0.2, 0.25) is 5.88 Å². The number of halogens is 1. The zero-order valence-corrected chi connectivity index (χ0v) is 13.4. The van der Waals surface area contributed by atoms with Crippen molar-refractivity contribution in [2.24, 2.45) is 0 Å². The molecule has 2 heterocycles. The molecular formula is C16H15BrN2O3. The number of likely N-dealkylation sites (tertiary alicyclic amines) is 1. The maximum Gasteiger partial charge on any atom is 0.260 e. The molecule has 5 nitrogen and oxygen atoms in total. The van der Waals surface area contributed by atoms with E-state index in [1.165, 1.54) is 0 Å². The first-order valence-corrected chi connectivity index (χ1v) is 7.74. The van der Waals surface area contributed by atoms with Gasteiger partial charge >= 0.3 is 0 Å². The SMILES string of the molecule is O=C(COc1ccccc1)N1CC(Oc2ncccc2Br)C1. The number of para-hydroxylation sites is 1. The summed E-state index contributed by atoms with van der Waals surface area (Å²) >= 11 is 3.38. The summed E-state index contributed by atoms with van der Waals surface area (Å²) in [7, 11) is 0. The molecule has 1 aromatic heterocycles. The first kappa shape index (κ1) is 14.8. The Labute approximate surface area is 137 Å². The van der Waals surface area contributed by atoms with E-state index < -0.39 is 0 Å². The van der Waals surface area contributed by atoms with Crippen LogP contribution in [0.15, 0.2) is 53.1 Å². The van der Waals surface area contributed by atoms with Crippen LogP contribution < -0.4 is 9.47 Å². The van der Waals surface area contributed by atoms with Crippen LogP contribution in [0.1, 0.15) is 0 Å². The first-order valence-electron chi connectivity index (χ1n) is 6.95. The fraction of sp³-hybridized carbons (Fsp3) is 0.250. The average molecular weight is 363 g/mol. The zero-order chi connectivity index (χ0) is 15.4. The van der Waals surface area contributed by atoms with Crippen LogP contribution in [0.2, 0.25) is 0 Å². The van der Waals surface area contributed by atoms with Crippen molar-refractivity contribution in [2.75, 3.05) is 19.7 Å². The first-order chi connectivity index (χ1) is 10.7. The Morgan fingerprint density at radius 1 is 1.23 bits per heavy atom. The number of hydrogen-bond donors (Lipinski definition) is 0. The molecule has 0 unspecified atom stereocenters. The molecule has 0 radical (unpaired) electrons. The minimum atomic E-state index is -0.0382. The molecule has 114 valence electrons. The molecule has 0 atom stereocenters. The summed E-state index contributed by atoms with van der Waals surface area (Å²) in [5.74, 6) is 1.21. The van der Waals surface area contributed by atoms with E-state index in [0.29, 0.717) is 24.7 Å². The highest BCUT2D eigenvalue weighted by Crippen LogP contribution is 2.24. The van der Waals surface area contributed by atoms with Crippen LogP contribution in [0, 0.1) is 0 Å². The fourth-order valence-electron chi connectivity index (χ4n) is 2.09. The molecule has 0 bridgehead atoms. The number of amides is 1. The Kier molecular flexibility index (Phi) is 4.58. The predicted molar refractivity (Wildman–Crippen MR) is 84.9 cm³/mol. The number of aromatic nitrogens is 1. The maximum absolute atomic E-state index is 12.0. The molecule has 2 aromatic rings. The predicted octanol–water partition coefficient (Wildman–Crippen LogP) is 2.51. The van der Waals surface area contributed by atoms with Crippen molar-refractivity contribution in [2.45, 2.75) is 6.10 Å². The van der Waals surface area contributed by atoms with Crippen molar-refractivity contribution in [1.82, 2.24) is 9.88 Å². The van der Waals surface area contributed by atoms with Crippen LogP contribution in [0.4, 0.5) is 0 Å². The standard InChI is InChI=1S/C16H15BrN2O3/c17-14-7-4-8-18-16(14)22-13-9-19(10-13)15(20)11-21-12-5-2-1-3-6-12/h1-8,13H,9-11H2. The van der Waals surface area contributed by atoms with Crippen molar-refractivity contribution >= 4 is 21.8 Å². The van der Waals surface area contributed by atoms with Gasteiger partial charge in [0.05, 0.1) is 17.6 Å². The van der Waals surface area contributed by atoms with Gasteiger partial charge in [0, 0.05) is 6.20 Å². The average Bonchev–Trinajstić information content (AvgIpc) is 2.51. The largest absolute Gasteiger partial charge is 0.484 e. The van der Waals surface area contributed by atoms with Crippen LogP contribution >= 0.6 is 15.9 Å². The molecule has 1 amide bonds. The minimum Gasteiger partial charge on any atom is -0.484 e. The summed E-state index contributed by atoms with van der Waals surface area (Å²) < 4.78 is 12.0. The molecule has 0 aliphatic carbocycles. The highest BCUT2D eigenvalue weighted by molar-refractivity contribution is 9.10. The molecule has 6 heteroatoms. The third-order valence-electron chi connectivity index (χ3n) is 3.31.